The Balaban J connectivity index is 1.22. The fourth-order valence-electron chi connectivity index (χ4n) is 4.05. The number of rotatable bonds is 12. The lowest BCUT2D eigenvalue weighted by Gasteiger charge is -2.27. The number of esters is 1. The van der Waals surface area contributed by atoms with E-state index in [9.17, 15) is 15.0 Å². The molecule has 1 aliphatic rings. The van der Waals surface area contributed by atoms with Crippen LogP contribution in [0.15, 0.2) is 66.7 Å². The van der Waals surface area contributed by atoms with Gasteiger partial charge in [0.15, 0.2) is 17.6 Å². The number of carbonyl (C=O) groups excluding carboxylic acids is 1. The molecule has 1 aliphatic heterocycles. The van der Waals surface area contributed by atoms with Gasteiger partial charge in [-0.2, -0.15) is 0 Å². The van der Waals surface area contributed by atoms with Gasteiger partial charge in [0.1, 0.15) is 12.4 Å². The molecule has 196 valence electrons. The van der Waals surface area contributed by atoms with E-state index in [1.807, 2.05) is 48.5 Å². The average Bonchev–Trinajstić information content (AvgIpc) is 2.91. The first-order chi connectivity index (χ1) is 18.0. The minimum Gasteiger partial charge on any atom is -0.486 e. The highest BCUT2D eigenvalue weighted by atomic mass is 16.6. The maximum absolute atomic E-state index is 11.2. The lowest BCUT2D eigenvalue weighted by molar-refractivity contribution is -0.131. The number of aliphatic hydroxyl groups excluding tert-OH is 2. The summed E-state index contributed by atoms with van der Waals surface area (Å²) in [6, 6.07) is 20.8. The van der Waals surface area contributed by atoms with E-state index >= 15 is 0 Å². The van der Waals surface area contributed by atoms with Crippen LogP contribution in [0, 0.1) is 0 Å². The summed E-state index contributed by atoms with van der Waals surface area (Å²) in [5.41, 5.74) is 3.29. The molecule has 4 rings (SSSR count). The van der Waals surface area contributed by atoms with E-state index < -0.39 is 12.1 Å². The molecule has 0 spiro atoms. The van der Waals surface area contributed by atoms with Crippen molar-refractivity contribution in [1.29, 1.82) is 0 Å². The Kier molecular flexibility index (Phi) is 9.51. The predicted octanol–water partition coefficient (Wildman–Crippen LogP) is 3.33. The van der Waals surface area contributed by atoms with E-state index in [1.165, 1.54) is 6.92 Å². The second-order valence-electron chi connectivity index (χ2n) is 8.92. The van der Waals surface area contributed by atoms with Crippen molar-refractivity contribution in [3.05, 3.63) is 89.0 Å². The average molecular weight is 508 g/mol. The summed E-state index contributed by atoms with van der Waals surface area (Å²) in [4.78, 5) is 11.2. The number of fused-ring (bicyclic) bond motifs is 1. The van der Waals surface area contributed by atoms with Gasteiger partial charge >= 0.3 is 5.97 Å². The van der Waals surface area contributed by atoms with Gasteiger partial charge in [0, 0.05) is 19.0 Å². The maximum atomic E-state index is 11.2. The van der Waals surface area contributed by atoms with E-state index in [0.29, 0.717) is 55.5 Å². The molecular formula is C29H33NO7. The van der Waals surface area contributed by atoms with Crippen molar-refractivity contribution in [2.75, 3.05) is 26.3 Å². The second-order valence-corrected chi connectivity index (χ2v) is 8.92. The number of carbonyl (C=O) groups is 1. The highest BCUT2D eigenvalue weighted by Gasteiger charge is 2.21. The van der Waals surface area contributed by atoms with Crippen molar-refractivity contribution in [1.82, 2.24) is 5.32 Å². The molecule has 37 heavy (non-hydrogen) atoms. The summed E-state index contributed by atoms with van der Waals surface area (Å²) < 4.78 is 22.8. The fraction of sp³-hybridized carbons (Fsp3) is 0.345. The summed E-state index contributed by atoms with van der Waals surface area (Å²) in [6.45, 7) is 3.42. The number of aliphatic hydroxyl groups is 2. The van der Waals surface area contributed by atoms with Crippen LogP contribution < -0.4 is 19.5 Å². The highest BCUT2D eigenvalue weighted by molar-refractivity contribution is 5.69. The van der Waals surface area contributed by atoms with Gasteiger partial charge in [0.25, 0.3) is 0 Å². The zero-order valence-corrected chi connectivity index (χ0v) is 20.9. The predicted molar refractivity (Wildman–Crippen MR) is 138 cm³/mol. The largest absolute Gasteiger partial charge is 0.486 e. The Morgan fingerprint density at radius 3 is 2.70 bits per heavy atom. The summed E-state index contributed by atoms with van der Waals surface area (Å²) >= 11 is 0. The molecule has 0 aromatic heterocycles. The Bertz CT molecular complexity index is 1170. The summed E-state index contributed by atoms with van der Waals surface area (Å²) in [6.07, 6.45) is -0.199. The van der Waals surface area contributed by atoms with Crippen LogP contribution in [0.3, 0.4) is 0 Å². The first kappa shape index (κ1) is 26.6. The molecule has 0 fully saturated rings. The Morgan fingerprint density at radius 2 is 1.92 bits per heavy atom. The summed E-state index contributed by atoms with van der Waals surface area (Å²) in [5.74, 6) is 1.27. The Hall–Kier alpha value is -3.43. The Morgan fingerprint density at radius 1 is 1.08 bits per heavy atom. The molecule has 0 saturated heterocycles. The number of hydrogen-bond acceptors (Lipinski definition) is 8. The van der Waals surface area contributed by atoms with Crippen molar-refractivity contribution in [2.24, 2.45) is 0 Å². The molecule has 8 heteroatoms. The number of ether oxygens (including phenoxy) is 4. The molecule has 1 heterocycles. The fourth-order valence-corrected chi connectivity index (χ4v) is 4.05. The van der Waals surface area contributed by atoms with Gasteiger partial charge in [-0.15, -0.1) is 0 Å². The van der Waals surface area contributed by atoms with E-state index in [-0.39, 0.29) is 12.7 Å². The quantitative estimate of drug-likeness (QED) is 0.195. The van der Waals surface area contributed by atoms with Crippen molar-refractivity contribution in [3.8, 4) is 17.2 Å². The highest BCUT2D eigenvalue weighted by Crippen LogP contribution is 2.33. The minimum atomic E-state index is -0.770. The molecule has 3 aromatic rings. The molecular weight excluding hydrogens is 474 g/mol. The van der Waals surface area contributed by atoms with Crippen molar-refractivity contribution >= 4 is 5.97 Å². The van der Waals surface area contributed by atoms with Crippen molar-refractivity contribution < 1.29 is 34.0 Å². The molecule has 0 saturated carbocycles. The van der Waals surface area contributed by atoms with Crippen LogP contribution in [-0.4, -0.2) is 48.6 Å². The molecule has 3 N–H and O–H groups in total. The molecule has 8 nitrogen and oxygen atoms in total. The first-order valence-electron chi connectivity index (χ1n) is 12.4. The number of hydrogen-bond donors (Lipinski definition) is 3. The van der Waals surface area contributed by atoms with Gasteiger partial charge in [-0.25, -0.2) is 0 Å². The normalized spacial score (nSPS) is 15.3. The zero-order valence-electron chi connectivity index (χ0n) is 20.9. The van der Waals surface area contributed by atoms with Crippen LogP contribution >= 0.6 is 0 Å². The smallest absolute Gasteiger partial charge is 0.308 e. The maximum Gasteiger partial charge on any atom is 0.308 e. The Labute approximate surface area is 216 Å². The molecule has 3 aromatic carbocycles. The van der Waals surface area contributed by atoms with Crippen LogP contribution in [0.2, 0.25) is 0 Å². The van der Waals surface area contributed by atoms with Gasteiger partial charge in [-0.3, -0.25) is 4.79 Å². The second kappa shape index (κ2) is 13.2. The lowest BCUT2D eigenvalue weighted by atomic mass is 10.0. The van der Waals surface area contributed by atoms with E-state index in [0.717, 1.165) is 23.3 Å². The number of nitrogens with one attached hydrogen (secondary N) is 1. The van der Waals surface area contributed by atoms with E-state index in [2.05, 4.69) is 5.32 Å². The van der Waals surface area contributed by atoms with Gasteiger partial charge in [0.05, 0.1) is 25.9 Å². The standard InChI is InChI=1S/C29H33NO7/c1-20(32)36-27-10-8-23(14-24(27)16-31)26(33)15-30-12-11-21-7-9-28-29(13-21)37-25(19-35-28)18-34-17-22-5-3-2-4-6-22/h2-10,13-14,25-26,30-31,33H,11-12,15-19H2,1H3/t25-,26-/m0/s1. The van der Waals surface area contributed by atoms with Gasteiger partial charge in [-0.1, -0.05) is 42.5 Å². The monoisotopic (exact) mass is 507 g/mol. The molecule has 2 atom stereocenters. The van der Waals surface area contributed by atoms with E-state index in [1.54, 1.807) is 18.2 Å². The molecule has 0 amide bonds. The van der Waals surface area contributed by atoms with Crippen LogP contribution in [0.25, 0.3) is 0 Å². The summed E-state index contributed by atoms with van der Waals surface area (Å²) in [7, 11) is 0. The van der Waals surface area contributed by atoms with Crippen LogP contribution in [0.1, 0.15) is 35.3 Å². The number of benzene rings is 3. The van der Waals surface area contributed by atoms with Crippen LogP contribution in [-0.2, 0) is 29.2 Å². The van der Waals surface area contributed by atoms with Crippen LogP contribution in [0.5, 0.6) is 17.2 Å². The van der Waals surface area contributed by atoms with Gasteiger partial charge < -0.3 is 34.5 Å². The van der Waals surface area contributed by atoms with Gasteiger partial charge in [0.2, 0.25) is 0 Å². The minimum absolute atomic E-state index is 0.171. The SMILES string of the molecule is CC(=O)Oc1ccc([C@@H](O)CNCCc2ccc3c(c2)O[C@@H](COCc2ccccc2)CO3)cc1CO. The third kappa shape index (κ3) is 7.77. The molecule has 0 radical (unpaired) electrons. The topological polar surface area (TPSA) is 106 Å². The van der Waals surface area contributed by atoms with Gasteiger partial charge in [-0.05, 0) is 53.9 Å². The molecule has 0 unspecified atom stereocenters. The third-order valence-electron chi connectivity index (χ3n) is 5.96. The zero-order chi connectivity index (χ0) is 26.0. The lowest BCUT2D eigenvalue weighted by Crippen LogP contribution is -2.33. The van der Waals surface area contributed by atoms with Crippen LogP contribution in [0.4, 0.5) is 0 Å². The van der Waals surface area contributed by atoms with E-state index in [4.69, 9.17) is 18.9 Å². The molecule has 0 bridgehead atoms. The molecule has 0 aliphatic carbocycles. The first-order valence-corrected chi connectivity index (χ1v) is 12.4. The third-order valence-corrected chi connectivity index (χ3v) is 5.96. The van der Waals surface area contributed by atoms with Crippen molar-refractivity contribution in [3.63, 3.8) is 0 Å². The summed E-state index contributed by atoms with van der Waals surface area (Å²) in [5, 5.41) is 23.4. The van der Waals surface area contributed by atoms with Crippen molar-refractivity contribution in [2.45, 2.75) is 38.8 Å².